The summed E-state index contributed by atoms with van der Waals surface area (Å²) in [6.45, 7) is 3.54. The summed E-state index contributed by atoms with van der Waals surface area (Å²) in [6.07, 6.45) is 2.22. The molecule has 1 aliphatic rings. The van der Waals surface area contributed by atoms with Crippen LogP contribution in [-0.2, 0) is 11.3 Å². The van der Waals surface area contributed by atoms with Crippen molar-refractivity contribution in [3.63, 3.8) is 0 Å². The number of hydrogen-bond acceptors (Lipinski definition) is 5. The number of nitrogens with one attached hydrogen (secondary N) is 3. The molecule has 0 aromatic heterocycles. The summed E-state index contributed by atoms with van der Waals surface area (Å²) in [5.41, 5.74) is 7.42. The maximum Gasteiger partial charge on any atom is 0.269 e. The molecule has 1 fully saturated rings. The van der Waals surface area contributed by atoms with Crippen LogP contribution in [0.5, 0.6) is 11.5 Å². The number of thiocarbonyl (C=S) groups is 1. The molecule has 1 aliphatic heterocycles. The minimum atomic E-state index is -0.326. The fourth-order valence-corrected chi connectivity index (χ4v) is 3.39. The van der Waals surface area contributed by atoms with Gasteiger partial charge in [-0.05, 0) is 73.9 Å². The van der Waals surface area contributed by atoms with Gasteiger partial charge in [-0.25, -0.2) is 0 Å². The molecule has 3 rings (SSSR count). The molecular weight excluding hydrogens is 438 g/mol. The zero-order valence-electron chi connectivity index (χ0n) is 17.5. The molecule has 31 heavy (non-hydrogen) atoms. The number of rotatable bonds is 7. The van der Waals surface area contributed by atoms with Gasteiger partial charge < -0.3 is 19.5 Å². The van der Waals surface area contributed by atoms with Crippen molar-refractivity contribution < 1.29 is 19.0 Å². The average molecular weight is 464 g/mol. The van der Waals surface area contributed by atoms with Crippen molar-refractivity contribution in [2.45, 2.75) is 32.5 Å². The van der Waals surface area contributed by atoms with Crippen LogP contribution >= 0.6 is 23.8 Å². The largest absolute Gasteiger partial charge is 0.496 e. The van der Waals surface area contributed by atoms with Crippen molar-refractivity contribution in [3.8, 4) is 11.5 Å². The second-order valence-corrected chi connectivity index (χ2v) is 7.97. The molecule has 166 valence electrons. The number of ether oxygens (including phenoxy) is 3. The van der Waals surface area contributed by atoms with E-state index in [1.165, 1.54) is 0 Å². The molecule has 1 heterocycles. The molecule has 1 saturated heterocycles. The van der Waals surface area contributed by atoms with Gasteiger partial charge >= 0.3 is 0 Å². The number of benzene rings is 2. The van der Waals surface area contributed by atoms with Crippen LogP contribution in [-0.4, -0.2) is 37.4 Å². The van der Waals surface area contributed by atoms with E-state index in [0.717, 1.165) is 30.6 Å². The molecule has 7 nitrogen and oxygen atoms in total. The Hall–Kier alpha value is -2.55. The van der Waals surface area contributed by atoms with Crippen LogP contribution in [0.25, 0.3) is 0 Å². The fourth-order valence-electron chi connectivity index (χ4n) is 3.14. The maximum atomic E-state index is 12.5. The van der Waals surface area contributed by atoms with Crippen molar-refractivity contribution >= 4 is 34.8 Å². The van der Waals surface area contributed by atoms with Gasteiger partial charge in [0.1, 0.15) is 18.1 Å². The van der Waals surface area contributed by atoms with E-state index in [4.69, 9.17) is 38.0 Å². The summed E-state index contributed by atoms with van der Waals surface area (Å²) < 4.78 is 16.8. The lowest BCUT2D eigenvalue weighted by Gasteiger charge is -2.15. The number of carbonyl (C=O) groups excluding carboxylic acids is 1. The molecule has 0 bridgehead atoms. The van der Waals surface area contributed by atoms with Crippen LogP contribution in [0.15, 0.2) is 36.4 Å². The summed E-state index contributed by atoms with van der Waals surface area (Å²) in [4.78, 5) is 12.5. The maximum absolute atomic E-state index is 12.5. The van der Waals surface area contributed by atoms with Crippen LogP contribution in [0.1, 0.15) is 34.3 Å². The van der Waals surface area contributed by atoms with E-state index in [1.807, 2.05) is 13.0 Å². The van der Waals surface area contributed by atoms with Crippen LogP contribution in [0, 0.1) is 6.92 Å². The first-order valence-electron chi connectivity index (χ1n) is 9.98. The molecule has 0 spiro atoms. The third kappa shape index (κ3) is 6.72. The first-order chi connectivity index (χ1) is 15.0. The zero-order chi connectivity index (χ0) is 22.2. The smallest absolute Gasteiger partial charge is 0.269 e. The zero-order valence-corrected chi connectivity index (χ0v) is 19.1. The molecule has 0 saturated carbocycles. The Morgan fingerprint density at radius 1 is 1.26 bits per heavy atom. The van der Waals surface area contributed by atoms with E-state index in [1.54, 1.807) is 37.4 Å². The highest BCUT2D eigenvalue weighted by molar-refractivity contribution is 7.80. The predicted molar refractivity (Wildman–Crippen MR) is 124 cm³/mol. The van der Waals surface area contributed by atoms with Crippen molar-refractivity contribution in [1.29, 1.82) is 0 Å². The standard InChI is InChI=1S/C22H26ClN3O4S/c1-14-10-17(6-7-19(14)23)30-13-16-11-15(5-8-20(16)28-2)21(27)25-26-22(31)24-12-18-4-3-9-29-18/h5-8,10-11,18H,3-4,9,12-13H2,1-2H3,(H,25,27)(H2,24,26,31)/t18-/m0/s1. The Bertz CT molecular complexity index is 935. The number of aryl methyl sites for hydroxylation is 1. The van der Waals surface area contributed by atoms with Crippen LogP contribution < -0.4 is 25.6 Å². The van der Waals surface area contributed by atoms with Gasteiger partial charge in [0.25, 0.3) is 5.91 Å². The van der Waals surface area contributed by atoms with Crippen LogP contribution in [0.2, 0.25) is 5.02 Å². The van der Waals surface area contributed by atoms with Crippen LogP contribution in [0.3, 0.4) is 0 Å². The first kappa shape index (κ1) is 23.1. The number of carbonyl (C=O) groups is 1. The molecule has 1 amide bonds. The Kier molecular flexibility index (Phi) is 8.34. The third-order valence-electron chi connectivity index (χ3n) is 4.87. The van der Waals surface area contributed by atoms with Gasteiger partial charge in [-0.2, -0.15) is 0 Å². The SMILES string of the molecule is COc1ccc(C(=O)NNC(=S)NC[C@@H]2CCCO2)cc1COc1ccc(Cl)c(C)c1. The molecule has 2 aromatic rings. The third-order valence-corrected chi connectivity index (χ3v) is 5.54. The molecule has 0 unspecified atom stereocenters. The highest BCUT2D eigenvalue weighted by atomic mass is 35.5. The quantitative estimate of drug-likeness (QED) is 0.428. The number of hydrogen-bond donors (Lipinski definition) is 3. The van der Waals surface area contributed by atoms with E-state index in [-0.39, 0.29) is 18.6 Å². The van der Waals surface area contributed by atoms with Crippen molar-refractivity contribution in [2.75, 3.05) is 20.3 Å². The summed E-state index contributed by atoms with van der Waals surface area (Å²) in [5, 5.41) is 4.05. The normalized spacial score (nSPS) is 15.3. The molecule has 1 atom stereocenters. The Labute approximate surface area is 192 Å². The molecule has 0 radical (unpaired) electrons. The lowest BCUT2D eigenvalue weighted by molar-refractivity contribution is 0.0943. The van der Waals surface area contributed by atoms with Gasteiger partial charge in [-0.3, -0.25) is 15.6 Å². The summed E-state index contributed by atoms with van der Waals surface area (Å²) >= 11 is 11.3. The van der Waals surface area contributed by atoms with E-state index < -0.39 is 0 Å². The highest BCUT2D eigenvalue weighted by Gasteiger charge is 2.16. The van der Waals surface area contributed by atoms with E-state index in [9.17, 15) is 4.79 Å². The number of halogens is 1. The minimum Gasteiger partial charge on any atom is -0.496 e. The molecule has 2 aromatic carbocycles. The second-order valence-electron chi connectivity index (χ2n) is 7.15. The van der Waals surface area contributed by atoms with Crippen LogP contribution in [0.4, 0.5) is 0 Å². The van der Waals surface area contributed by atoms with E-state index in [2.05, 4.69) is 16.2 Å². The Balaban J connectivity index is 1.55. The van der Waals surface area contributed by atoms with E-state index in [0.29, 0.717) is 33.7 Å². The molecule has 0 aliphatic carbocycles. The average Bonchev–Trinajstić information content (AvgIpc) is 3.30. The Morgan fingerprint density at radius 3 is 2.81 bits per heavy atom. The number of amides is 1. The Morgan fingerprint density at radius 2 is 2.10 bits per heavy atom. The molecule has 3 N–H and O–H groups in total. The van der Waals surface area contributed by atoms with Gasteiger partial charge in [0.05, 0.1) is 13.2 Å². The monoisotopic (exact) mass is 463 g/mol. The molecule has 9 heteroatoms. The van der Waals surface area contributed by atoms with Crippen molar-refractivity contribution in [1.82, 2.24) is 16.2 Å². The first-order valence-corrected chi connectivity index (χ1v) is 10.8. The van der Waals surface area contributed by atoms with Crippen molar-refractivity contribution in [2.24, 2.45) is 0 Å². The van der Waals surface area contributed by atoms with Gasteiger partial charge in [-0.1, -0.05) is 11.6 Å². The topological polar surface area (TPSA) is 80.9 Å². The number of hydrazine groups is 1. The lowest BCUT2D eigenvalue weighted by Crippen LogP contribution is -2.48. The summed E-state index contributed by atoms with van der Waals surface area (Å²) in [5.74, 6) is 0.986. The van der Waals surface area contributed by atoms with Gasteiger partial charge in [0, 0.05) is 29.3 Å². The summed E-state index contributed by atoms with van der Waals surface area (Å²) in [6, 6.07) is 10.6. The highest BCUT2D eigenvalue weighted by Crippen LogP contribution is 2.25. The van der Waals surface area contributed by atoms with Crippen molar-refractivity contribution in [3.05, 3.63) is 58.1 Å². The second kappa shape index (κ2) is 11.2. The predicted octanol–water partition coefficient (Wildman–Crippen LogP) is 3.52. The van der Waals surface area contributed by atoms with E-state index >= 15 is 0 Å². The summed E-state index contributed by atoms with van der Waals surface area (Å²) in [7, 11) is 1.57. The molecular formula is C22H26ClN3O4S. The van der Waals surface area contributed by atoms with Gasteiger partial charge in [0.15, 0.2) is 5.11 Å². The number of methoxy groups -OCH3 is 1. The minimum absolute atomic E-state index is 0.157. The van der Waals surface area contributed by atoms with Gasteiger partial charge in [-0.15, -0.1) is 0 Å². The van der Waals surface area contributed by atoms with Gasteiger partial charge in [0.2, 0.25) is 0 Å². The lowest BCUT2D eigenvalue weighted by atomic mass is 10.1. The fraction of sp³-hybridized carbons (Fsp3) is 0.364.